The van der Waals surface area contributed by atoms with E-state index >= 15 is 0 Å². The van der Waals surface area contributed by atoms with Gasteiger partial charge in [-0.25, -0.2) is 4.79 Å². The van der Waals surface area contributed by atoms with Gasteiger partial charge in [0.05, 0.1) is 12.6 Å². The van der Waals surface area contributed by atoms with Crippen molar-refractivity contribution in [1.29, 1.82) is 0 Å². The third kappa shape index (κ3) is 5.97. The number of carbonyl (C=O) groups excluding carboxylic acids is 3. The molecular formula is C15H26N2O7. The minimum absolute atomic E-state index is 0.0791. The van der Waals surface area contributed by atoms with Crippen molar-refractivity contribution in [3.05, 3.63) is 0 Å². The Hall–Kier alpha value is -1.87. The molecule has 1 atom stereocenters. The molecule has 0 aliphatic carbocycles. The van der Waals surface area contributed by atoms with Gasteiger partial charge in [-0.2, -0.15) is 0 Å². The van der Waals surface area contributed by atoms with Gasteiger partial charge in [-0.05, 0) is 20.8 Å². The van der Waals surface area contributed by atoms with E-state index in [0.29, 0.717) is 0 Å². The number of methoxy groups -OCH3 is 2. The zero-order valence-corrected chi connectivity index (χ0v) is 14.7. The van der Waals surface area contributed by atoms with E-state index in [4.69, 9.17) is 9.47 Å². The second kappa shape index (κ2) is 7.80. The Morgan fingerprint density at radius 3 is 2.29 bits per heavy atom. The zero-order chi connectivity index (χ0) is 18.5. The minimum atomic E-state index is -1.11. The standard InChI is InChI=1S/C15H26N2O7/c1-14(2,3)24-13(21)17-8-15(9-17,7-12(20)23-5)16-10(18)6-11(19)22-4/h12,20H,6-9H2,1-5H3,(H,16,18). The first-order chi connectivity index (χ1) is 11.0. The number of aliphatic hydroxyl groups excluding tert-OH is 1. The number of esters is 1. The van der Waals surface area contributed by atoms with Gasteiger partial charge in [0.15, 0.2) is 6.29 Å². The Bertz CT molecular complexity index is 481. The van der Waals surface area contributed by atoms with Crippen molar-refractivity contribution in [1.82, 2.24) is 10.2 Å². The average molecular weight is 346 g/mol. The van der Waals surface area contributed by atoms with Gasteiger partial charge in [0.2, 0.25) is 5.91 Å². The normalized spacial score (nSPS) is 17.5. The third-order valence-corrected chi connectivity index (χ3v) is 3.41. The molecule has 138 valence electrons. The predicted octanol–water partition coefficient (Wildman–Crippen LogP) is 0.0101. The van der Waals surface area contributed by atoms with Crippen LogP contribution in [0.2, 0.25) is 0 Å². The number of nitrogens with one attached hydrogen (secondary N) is 1. The van der Waals surface area contributed by atoms with E-state index in [2.05, 4.69) is 10.1 Å². The molecule has 0 aromatic heterocycles. The highest BCUT2D eigenvalue weighted by molar-refractivity contribution is 5.94. The van der Waals surface area contributed by atoms with Crippen molar-refractivity contribution < 1.29 is 33.7 Å². The van der Waals surface area contributed by atoms with Gasteiger partial charge < -0.3 is 29.5 Å². The number of aliphatic hydroxyl groups is 1. The molecule has 1 saturated heterocycles. The SMILES string of the molecule is COC(=O)CC(=O)NC1(CC(O)OC)CN(C(=O)OC(C)(C)C)C1. The number of ether oxygens (including phenoxy) is 3. The summed E-state index contributed by atoms with van der Waals surface area (Å²) in [4.78, 5) is 36.5. The van der Waals surface area contributed by atoms with Crippen LogP contribution in [0.4, 0.5) is 4.79 Å². The molecule has 1 fully saturated rings. The van der Waals surface area contributed by atoms with E-state index in [1.54, 1.807) is 20.8 Å². The van der Waals surface area contributed by atoms with Gasteiger partial charge in [0, 0.05) is 26.6 Å². The van der Waals surface area contributed by atoms with Crippen LogP contribution < -0.4 is 5.32 Å². The molecule has 1 aliphatic rings. The first-order valence-corrected chi connectivity index (χ1v) is 7.57. The number of likely N-dealkylation sites (tertiary alicyclic amines) is 1. The Labute approximate surface area is 141 Å². The molecule has 1 unspecified atom stereocenters. The fourth-order valence-electron chi connectivity index (χ4n) is 2.36. The summed E-state index contributed by atoms with van der Waals surface area (Å²) in [6, 6.07) is 0. The second-order valence-corrected chi connectivity index (χ2v) is 6.81. The molecule has 24 heavy (non-hydrogen) atoms. The molecule has 0 spiro atoms. The molecule has 2 N–H and O–H groups in total. The molecule has 1 heterocycles. The van der Waals surface area contributed by atoms with E-state index in [1.807, 2.05) is 0 Å². The fraction of sp³-hybridized carbons (Fsp3) is 0.800. The Morgan fingerprint density at radius 1 is 1.25 bits per heavy atom. The van der Waals surface area contributed by atoms with E-state index in [-0.39, 0.29) is 19.5 Å². The first-order valence-electron chi connectivity index (χ1n) is 7.57. The maximum atomic E-state index is 12.0. The summed E-state index contributed by atoms with van der Waals surface area (Å²) in [6.45, 7) is 5.56. The molecular weight excluding hydrogens is 320 g/mol. The highest BCUT2D eigenvalue weighted by Crippen LogP contribution is 2.28. The van der Waals surface area contributed by atoms with Gasteiger partial charge in [0.1, 0.15) is 12.0 Å². The first kappa shape index (κ1) is 20.2. The Kier molecular flexibility index (Phi) is 6.56. The number of hydrogen-bond donors (Lipinski definition) is 2. The summed E-state index contributed by atoms with van der Waals surface area (Å²) in [7, 11) is 2.52. The van der Waals surface area contributed by atoms with Crippen molar-refractivity contribution in [3.63, 3.8) is 0 Å². The predicted molar refractivity (Wildman–Crippen MR) is 82.9 cm³/mol. The lowest BCUT2D eigenvalue weighted by Gasteiger charge is -2.50. The summed E-state index contributed by atoms with van der Waals surface area (Å²) in [5.41, 5.74) is -1.51. The van der Waals surface area contributed by atoms with Crippen LogP contribution >= 0.6 is 0 Å². The molecule has 1 aliphatic heterocycles. The Balaban J connectivity index is 2.69. The van der Waals surface area contributed by atoms with Crippen LogP contribution in [0.3, 0.4) is 0 Å². The van der Waals surface area contributed by atoms with Crippen LogP contribution in [0.25, 0.3) is 0 Å². The Morgan fingerprint density at radius 2 is 1.83 bits per heavy atom. The number of carbonyl (C=O) groups is 3. The lowest BCUT2D eigenvalue weighted by atomic mass is 9.86. The van der Waals surface area contributed by atoms with E-state index < -0.39 is 41.8 Å². The van der Waals surface area contributed by atoms with Crippen LogP contribution in [0.5, 0.6) is 0 Å². The van der Waals surface area contributed by atoms with Gasteiger partial charge in [-0.15, -0.1) is 0 Å². The smallest absolute Gasteiger partial charge is 0.410 e. The van der Waals surface area contributed by atoms with E-state index in [1.165, 1.54) is 19.1 Å². The molecule has 0 aromatic carbocycles. The van der Waals surface area contributed by atoms with E-state index in [0.717, 1.165) is 0 Å². The molecule has 2 amide bonds. The number of nitrogens with zero attached hydrogens (tertiary/aromatic N) is 1. The van der Waals surface area contributed by atoms with Crippen molar-refractivity contribution in [2.24, 2.45) is 0 Å². The van der Waals surface area contributed by atoms with Gasteiger partial charge >= 0.3 is 12.1 Å². The van der Waals surface area contributed by atoms with Crippen LogP contribution in [-0.4, -0.2) is 72.7 Å². The van der Waals surface area contributed by atoms with Gasteiger partial charge in [0.25, 0.3) is 0 Å². The number of rotatable bonds is 6. The van der Waals surface area contributed by atoms with Crippen molar-refractivity contribution >= 4 is 18.0 Å². The summed E-state index contributed by atoms with van der Waals surface area (Å²) in [5.74, 6) is -1.22. The van der Waals surface area contributed by atoms with Gasteiger partial charge in [-0.3, -0.25) is 9.59 Å². The van der Waals surface area contributed by atoms with Crippen LogP contribution in [0.1, 0.15) is 33.6 Å². The summed E-state index contributed by atoms with van der Waals surface area (Å²) < 4.78 is 14.5. The molecule has 0 saturated carbocycles. The molecule has 1 rings (SSSR count). The van der Waals surface area contributed by atoms with E-state index in [9.17, 15) is 19.5 Å². The maximum Gasteiger partial charge on any atom is 0.410 e. The van der Waals surface area contributed by atoms with Crippen LogP contribution in [-0.2, 0) is 23.8 Å². The highest BCUT2D eigenvalue weighted by atomic mass is 16.6. The maximum absolute atomic E-state index is 12.0. The minimum Gasteiger partial charge on any atom is -0.469 e. The largest absolute Gasteiger partial charge is 0.469 e. The lowest BCUT2D eigenvalue weighted by molar-refractivity contribution is -0.146. The van der Waals surface area contributed by atoms with Crippen LogP contribution in [0, 0.1) is 0 Å². The average Bonchev–Trinajstić information content (AvgIpc) is 2.41. The molecule has 0 bridgehead atoms. The summed E-state index contributed by atoms with van der Waals surface area (Å²) in [6.07, 6.45) is -1.97. The number of hydrogen-bond acceptors (Lipinski definition) is 7. The van der Waals surface area contributed by atoms with Crippen molar-refractivity contribution in [3.8, 4) is 0 Å². The summed E-state index contributed by atoms with van der Waals surface area (Å²) in [5, 5.41) is 12.4. The highest BCUT2D eigenvalue weighted by Gasteiger charge is 2.48. The molecule has 0 radical (unpaired) electrons. The quantitative estimate of drug-likeness (QED) is 0.395. The zero-order valence-electron chi connectivity index (χ0n) is 14.7. The van der Waals surface area contributed by atoms with Crippen molar-refractivity contribution in [2.75, 3.05) is 27.3 Å². The second-order valence-electron chi connectivity index (χ2n) is 6.81. The molecule has 9 heteroatoms. The molecule has 0 aromatic rings. The topological polar surface area (TPSA) is 114 Å². The monoisotopic (exact) mass is 346 g/mol. The molecule has 9 nitrogen and oxygen atoms in total. The van der Waals surface area contributed by atoms with Crippen LogP contribution in [0.15, 0.2) is 0 Å². The lowest BCUT2D eigenvalue weighted by Crippen LogP contribution is -2.72. The van der Waals surface area contributed by atoms with Crippen molar-refractivity contribution in [2.45, 2.75) is 51.0 Å². The number of amides is 2. The fourth-order valence-corrected chi connectivity index (χ4v) is 2.36. The van der Waals surface area contributed by atoms with Gasteiger partial charge in [-0.1, -0.05) is 0 Å². The summed E-state index contributed by atoms with van der Waals surface area (Å²) >= 11 is 0. The third-order valence-electron chi connectivity index (χ3n) is 3.41.